The van der Waals surface area contributed by atoms with Crippen LogP contribution in [-0.4, -0.2) is 40.6 Å². The van der Waals surface area contributed by atoms with Crippen molar-refractivity contribution in [1.82, 2.24) is 15.0 Å². The van der Waals surface area contributed by atoms with E-state index in [4.69, 9.17) is 15.0 Å². The van der Waals surface area contributed by atoms with Crippen molar-refractivity contribution in [1.29, 1.82) is 0 Å². The van der Waals surface area contributed by atoms with Gasteiger partial charge in [0.25, 0.3) is 5.91 Å². The minimum absolute atomic E-state index is 0.151. The van der Waals surface area contributed by atoms with Crippen LogP contribution < -0.4 is 5.73 Å². The number of hydrogen-bond donors (Lipinski definition) is 1. The van der Waals surface area contributed by atoms with E-state index in [1.807, 2.05) is 13.8 Å². The third-order valence-corrected chi connectivity index (χ3v) is 3.81. The second-order valence-electron chi connectivity index (χ2n) is 5.61. The quantitative estimate of drug-likeness (QED) is 0.927. The van der Waals surface area contributed by atoms with Gasteiger partial charge in [-0.1, -0.05) is 12.1 Å². The van der Waals surface area contributed by atoms with E-state index in [1.165, 1.54) is 0 Å². The Kier molecular flexibility index (Phi) is 4.29. The number of nitrogens with two attached hydrogens (primary N) is 1. The van der Waals surface area contributed by atoms with Gasteiger partial charge >= 0.3 is 0 Å². The van der Waals surface area contributed by atoms with E-state index in [2.05, 4.69) is 10.1 Å². The third kappa shape index (κ3) is 3.34. The van der Waals surface area contributed by atoms with Crippen LogP contribution in [0.2, 0.25) is 0 Å². The molecule has 7 heteroatoms. The Hall–Kier alpha value is -2.41. The molecule has 1 unspecified atom stereocenters. The monoisotopic (exact) mass is 316 g/mol. The van der Waals surface area contributed by atoms with Crippen LogP contribution in [0.3, 0.4) is 0 Å². The topological polar surface area (TPSA) is 94.5 Å². The summed E-state index contributed by atoms with van der Waals surface area (Å²) >= 11 is 0. The molecule has 122 valence electrons. The summed E-state index contributed by atoms with van der Waals surface area (Å²) < 4.78 is 10.9. The summed E-state index contributed by atoms with van der Waals surface area (Å²) in [5.41, 5.74) is 8.42. The van der Waals surface area contributed by atoms with Crippen LogP contribution in [-0.2, 0) is 11.2 Å². The molecule has 2 aromatic heterocycles. The maximum Gasteiger partial charge on any atom is 0.276 e. The highest BCUT2D eigenvalue weighted by molar-refractivity contribution is 5.92. The van der Waals surface area contributed by atoms with E-state index in [1.54, 1.807) is 23.1 Å². The van der Waals surface area contributed by atoms with E-state index in [-0.39, 0.29) is 12.0 Å². The van der Waals surface area contributed by atoms with Crippen LogP contribution in [0.5, 0.6) is 0 Å². The van der Waals surface area contributed by atoms with Gasteiger partial charge in [0.2, 0.25) is 0 Å². The molecule has 1 aliphatic rings. The second kappa shape index (κ2) is 6.37. The first-order valence-corrected chi connectivity index (χ1v) is 7.67. The zero-order valence-corrected chi connectivity index (χ0v) is 13.3. The van der Waals surface area contributed by atoms with Crippen molar-refractivity contribution < 1.29 is 14.1 Å². The van der Waals surface area contributed by atoms with E-state index in [9.17, 15) is 4.79 Å². The lowest BCUT2D eigenvalue weighted by atomic mass is 10.1. The van der Waals surface area contributed by atoms with Gasteiger partial charge in [0.05, 0.1) is 18.8 Å². The highest BCUT2D eigenvalue weighted by atomic mass is 16.5. The Bertz CT molecular complexity index is 693. The highest BCUT2D eigenvalue weighted by Crippen LogP contribution is 2.24. The van der Waals surface area contributed by atoms with Crippen molar-refractivity contribution in [3.8, 4) is 0 Å². The molecule has 1 amide bonds. The number of nitrogens with zero attached hydrogens (tertiary/aromatic N) is 3. The lowest BCUT2D eigenvalue weighted by Gasteiger charge is -2.32. The van der Waals surface area contributed by atoms with Crippen molar-refractivity contribution in [3.63, 3.8) is 0 Å². The molecule has 0 saturated carbocycles. The van der Waals surface area contributed by atoms with Crippen molar-refractivity contribution in [2.45, 2.75) is 26.4 Å². The van der Waals surface area contributed by atoms with Crippen LogP contribution in [0.4, 0.5) is 5.69 Å². The minimum atomic E-state index is -0.285. The van der Waals surface area contributed by atoms with Crippen LogP contribution in [0, 0.1) is 6.92 Å². The number of rotatable bonds is 3. The molecule has 1 atom stereocenters. The Morgan fingerprint density at radius 2 is 2.26 bits per heavy atom. The molecule has 1 fully saturated rings. The average Bonchev–Trinajstić information content (AvgIpc) is 3.02. The molecule has 3 rings (SSSR count). The van der Waals surface area contributed by atoms with Gasteiger partial charge in [-0.25, -0.2) is 0 Å². The maximum absolute atomic E-state index is 12.5. The van der Waals surface area contributed by atoms with Crippen LogP contribution >= 0.6 is 0 Å². The first-order valence-electron chi connectivity index (χ1n) is 7.67. The van der Waals surface area contributed by atoms with E-state index >= 15 is 0 Å². The summed E-state index contributed by atoms with van der Waals surface area (Å²) in [5, 5.41) is 3.85. The van der Waals surface area contributed by atoms with Crippen molar-refractivity contribution >= 4 is 11.6 Å². The molecular formula is C16H20N4O3. The fourth-order valence-electron chi connectivity index (χ4n) is 2.64. The lowest BCUT2D eigenvalue weighted by Crippen LogP contribution is -2.42. The largest absolute Gasteiger partial charge is 0.399 e. The number of amides is 1. The molecule has 0 aliphatic carbocycles. The number of pyridine rings is 1. The molecular weight excluding hydrogens is 296 g/mol. The van der Waals surface area contributed by atoms with Gasteiger partial charge in [0.15, 0.2) is 5.69 Å². The predicted octanol–water partition coefficient (Wildman–Crippen LogP) is 1.74. The molecule has 1 saturated heterocycles. The zero-order chi connectivity index (χ0) is 16.4. The van der Waals surface area contributed by atoms with Crippen LogP contribution in [0.25, 0.3) is 0 Å². The third-order valence-electron chi connectivity index (χ3n) is 3.81. The molecule has 3 heterocycles. The number of carbonyl (C=O) groups is 1. The van der Waals surface area contributed by atoms with Gasteiger partial charge in [-0.05, 0) is 19.1 Å². The van der Waals surface area contributed by atoms with Gasteiger partial charge in [-0.15, -0.1) is 0 Å². The normalized spacial score (nSPS) is 18.2. The second-order valence-corrected chi connectivity index (χ2v) is 5.61. The van der Waals surface area contributed by atoms with Gasteiger partial charge in [0.1, 0.15) is 11.9 Å². The van der Waals surface area contributed by atoms with Gasteiger partial charge < -0.3 is 19.9 Å². The number of hydrogen-bond acceptors (Lipinski definition) is 6. The number of nitrogen functional groups attached to an aromatic ring is 1. The zero-order valence-electron chi connectivity index (χ0n) is 13.3. The molecule has 0 aromatic carbocycles. The molecule has 23 heavy (non-hydrogen) atoms. The van der Waals surface area contributed by atoms with Gasteiger partial charge in [-0.3, -0.25) is 9.78 Å². The Morgan fingerprint density at radius 1 is 1.43 bits per heavy atom. The maximum atomic E-state index is 12.5. The lowest BCUT2D eigenvalue weighted by molar-refractivity contribution is -0.0250. The number of carbonyl (C=O) groups excluding carboxylic acids is 1. The fraction of sp³-hybridized carbons (Fsp3) is 0.438. The molecule has 1 aliphatic heterocycles. The summed E-state index contributed by atoms with van der Waals surface area (Å²) in [6, 6.07) is 5.28. The number of aryl methyl sites for hydroxylation is 2. The first kappa shape index (κ1) is 15.5. The molecule has 2 aromatic rings. The van der Waals surface area contributed by atoms with Crippen molar-refractivity contribution in [2.75, 3.05) is 25.4 Å². The Morgan fingerprint density at radius 3 is 2.96 bits per heavy atom. The highest BCUT2D eigenvalue weighted by Gasteiger charge is 2.28. The summed E-state index contributed by atoms with van der Waals surface area (Å²) in [6.45, 7) is 5.22. The number of anilines is 1. The number of aromatic nitrogens is 2. The van der Waals surface area contributed by atoms with Crippen molar-refractivity contribution in [3.05, 3.63) is 41.0 Å². The average molecular weight is 316 g/mol. The predicted molar refractivity (Wildman–Crippen MR) is 83.9 cm³/mol. The fourth-order valence-corrected chi connectivity index (χ4v) is 2.64. The Labute approximate surface area is 134 Å². The first-order chi connectivity index (χ1) is 11.1. The van der Waals surface area contributed by atoms with Gasteiger partial charge in [0, 0.05) is 30.4 Å². The molecule has 0 spiro atoms. The molecule has 0 radical (unpaired) electrons. The van der Waals surface area contributed by atoms with E-state index < -0.39 is 0 Å². The minimum Gasteiger partial charge on any atom is -0.399 e. The summed E-state index contributed by atoms with van der Waals surface area (Å²) in [5.74, 6) is 0.550. The number of ether oxygens (including phenoxy) is 1. The van der Waals surface area contributed by atoms with E-state index in [0.29, 0.717) is 43.3 Å². The summed E-state index contributed by atoms with van der Waals surface area (Å²) in [6.07, 6.45) is 0.422. The van der Waals surface area contributed by atoms with E-state index in [0.717, 1.165) is 11.4 Å². The smallest absolute Gasteiger partial charge is 0.276 e. The molecule has 2 N–H and O–H groups in total. The van der Waals surface area contributed by atoms with Crippen LogP contribution in [0.15, 0.2) is 22.7 Å². The SMILES string of the molecule is CCc1cc(C(=O)N2CCOC(c3cc(N)cc(C)n3)C2)no1. The van der Waals surface area contributed by atoms with Crippen molar-refractivity contribution in [2.24, 2.45) is 0 Å². The van der Waals surface area contributed by atoms with Crippen LogP contribution in [0.1, 0.15) is 40.7 Å². The summed E-state index contributed by atoms with van der Waals surface area (Å²) in [7, 11) is 0. The standard InChI is InChI=1S/C16H20N4O3/c1-3-12-8-14(19-23-12)16(21)20-4-5-22-15(9-20)13-7-11(17)6-10(2)18-13/h6-8,15H,3-5,9H2,1-2H3,(H2,17,18). The van der Waals surface area contributed by atoms with Gasteiger partial charge in [-0.2, -0.15) is 0 Å². The number of morpholine rings is 1. The summed E-state index contributed by atoms with van der Waals surface area (Å²) in [4.78, 5) is 18.7. The molecule has 7 nitrogen and oxygen atoms in total. The Balaban J connectivity index is 1.76. The molecule has 0 bridgehead atoms.